The third-order valence-electron chi connectivity index (χ3n) is 17.6. The van der Waals surface area contributed by atoms with Gasteiger partial charge in [0.15, 0.2) is 0 Å². The number of rotatable bonds is 7. The van der Waals surface area contributed by atoms with E-state index in [4.69, 9.17) is 9.47 Å². The van der Waals surface area contributed by atoms with E-state index in [1.165, 1.54) is 0 Å². The lowest BCUT2D eigenvalue weighted by molar-refractivity contribution is -0.212. The zero-order chi connectivity index (χ0) is 49.6. The molecule has 3 aliphatic heterocycles. The predicted octanol–water partition coefficient (Wildman–Crippen LogP) is 8.82. The molecule has 3 aromatic carbocycles. The molecule has 11 heteroatoms. The Balaban J connectivity index is 1.24. The van der Waals surface area contributed by atoms with E-state index in [0.717, 1.165) is 36.8 Å². The van der Waals surface area contributed by atoms with Crippen molar-refractivity contribution in [2.45, 2.75) is 164 Å². The first-order valence-electron chi connectivity index (χ1n) is 26.3. The minimum atomic E-state index is -1.64. The average Bonchev–Trinajstić information content (AvgIpc) is 3.38. The van der Waals surface area contributed by atoms with Gasteiger partial charge in [-0.15, -0.1) is 0 Å². The summed E-state index contributed by atoms with van der Waals surface area (Å²) in [6.45, 7) is 3.67. The normalized spacial score (nSPS) is 32.2. The number of ketones is 1. The molecule has 6 N–H and O–H groups in total. The first-order chi connectivity index (χ1) is 34.3. The number of hydrogen-bond acceptors (Lipinski definition) is 11. The van der Waals surface area contributed by atoms with Crippen molar-refractivity contribution in [1.82, 2.24) is 0 Å². The summed E-state index contributed by atoms with van der Waals surface area (Å²) in [5, 5.41) is 63.8. The highest BCUT2D eigenvalue weighted by atomic mass is 16.6. The maximum Gasteiger partial charge on any atom is 0.334 e. The number of carbonyl (C=O) groups is 3. The van der Waals surface area contributed by atoms with Crippen LogP contribution in [0.2, 0.25) is 0 Å². The molecule has 0 unspecified atom stereocenters. The van der Waals surface area contributed by atoms with Gasteiger partial charge >= 0.3 is 11.9 Å². The van der Waals surface area contributed by atoms with Crippen LogP contribution >= 0.6 is 0 Å². The Morgan fingerprint density at radius 1 is 0.930 bits per heavy atom. The Bertz CT molecular complexity index is 2720. The van der Waals surface area contributed by atoms with Crippen molar-refractivity contribution in [3.8, 4) is 23.3 Å². The number of anilines is 1. The molecule has 374 valence electrons. The van der Waals surface area contributed by atoms with Crippen LogP contribution in [0, 0.1) is 35.5 Å². The highest BCUT2D eigenvalue weighted by molar-refractivity contribution is 5.89. The lowest BCUT2D eigenvalue weighted by Crippen LogP contribution is -2.63. The molecule has 71 heavy (non-hydrogen) atoms. The second-order valence-electron chi connectivity index (χ2n) is 21.8. The summed E-state index contributed by atoms with van der Waals surface area (Å²) in [5.41, 5.74) is 3.10. The van der Waals surface area contributed by atoms with Crippen LogP contribution in [0.3, 0.4) is 0 Å². The van der Waals surface area contributed by atoms with Gasteiger partial charge in [0, 0.05) is 64.9 Å². The van der Waals surface area contributed by atoms with Gasteiger partial charge in [-0.05, 0) is 128 Å². The number of allylic oxidation sites excluding steroid dienone is 4. The number of fused-ring (bicyclic) bond motifs is 8. The van der Waals surface area contributed by atoms with Crippen molar-refractivity contribution in [2.24, 2.45) is 23.7 Å². The Morgan fingerprint density at radius 2 is 1.75 bits per heavy atom. The van der Waals surface area contributed by atoms with Gasteiger partial charge in [-0.3, -0.25) is 9.59 Å². The van der Waals surface area contributed by atoms with Gasteiger partial charge in [-0.2, -0.15) is 0 Å². The van der Waals surface area contributed by atoms with Crippen molar-refractivity contribution in [2.75, 3.05) is 11.9 Å². The van der Waals surface area contributed by atoms with Gasteiger partial charge in [0.1, 0.15) is 29.0 Å². The van der Waals surface area contributed by atoms with Crippen LogP contribution in [0.15, 0.2) is 84.5 Å². The summed E-state index contributed by atoms with van der Waals surface area (Å²) in [4.78, 5) is 43.9. The smallest absolute Gasteiger partial charge is 0.334 e. The second kappa shape index (κ2) is 20.2. The minimum Gasteiger partial charge on any atom is -0.507 e. The van der Waals surface area contributed by atoms with Crippen molar-refractivity contribution >= 4 is 23.4 Å². The largest absolute Gasteiger partial charge is 0.507 e. The molecule has 0 aromatic heterocycles. The lowest BCUT2D eigenvalue weighted by atomic mass is 9.53. The highest BCUT2D eigenvalue weighted by Gasteiger charge is 2.59. The zero-order valence-corrected chi connectivity index (χ0v) is 41.1. The van der Waals surface area contributed by atoms with Gasteiger partial charge in [0.05, 0.1) is 31.2 Å². The fourth-order valence-corrected chi connectivity index (χ4v) is 13.9. The molecule has 0 radical (unpaired) electrons. The molecule has 3 fully saturated rings. The Kier molecular flexibility index (Phi) is 14.0. The Labute approximate surface area is 417 Å². The first kappa shape index (κ1) is 49.1. The molecule has 3 saturated carbocycles. The van der Waals surface area contributed by atoms with E-state index in [0.29, 0.717) is 78.5 Å². The summed E-state index contributed by atoms with van der Waals surface area (Å²) in [5.74, 6) is 2.97. The van der Waals surface area contributed by atoms with E-state index < -0.39 is 59.0 Å². The molecule has 3 heterocycles. The third-order valence-corrected chi connectivity index (χ3v) is 17.6. The zero-order valence-electron chi connectivity index (χ0n) is 41.1. The third kappa shape index (κ3) is 9.31. The topological polar surface area (TPSA) is 183 Å². The van der Waals surface area contributed by atoms with Crippen LogP contribution in [-0.4, -0.2) is 73.7 Å². The molecule has 10 bridgehead atoms. The molecule has 10 rings (SSSR count). The number of Topliss-reactive ketones (excluding diaryl/α,β-unsaturated/α-hetero) is 1. The summed E-state index contributed by atoms with van der Waals surface area (Å²) in [7, 11) is 0. The standard InChI is InChI=1S/C60H69NO10/c1-3-44-17-18-47-49-26-36-11-10-14-45(24-36)59(21-8-5-9-22-59)52(65)30-43-27-39(41-23-37(34-62)25-46(28-41)61-33-35(2)63)15-16-40-32-54(66)71-57-48(40)29-42(56(67)55(57)38-12-6-4-7-13-38)31-53(70-58(43)68)60(44,69)50(47)19-20-51(49)64/h4,6-7,10-12,14,23-25,28-30,35,38-40,44,47,49-50,52-53,61-63,65,67,69H,3,5,8-9,13,17-22,26-27,31-34H2,1-2H3/b43-30-/t35-,38-,39+,40-,44-,47-,49-,50-,52+,53+,60-/m0/s1. The summed E-state index contributed by atoms with van der Waals surface area (Å²) >= 11 is 0. The van der Waals surface area contributed by atoms with Gasteiger partial charge in [-0.1, -0.05) is 99.1 Å². The van der Waals surface area contributed by atoms with Gasteiger partial charge in [0.25, 0.3) is 0 Å². The quantitative estimate of drug-likeness (QED) is 0.0756. The number of phenols is 1. The maximum atomic E-state index is 15.8. The van der Waals surface area contributed by atoms with Gasteiger partial charge in [-0.25, -0.2) is 4.79 Å². The SMILES string of the molecule is CC[C@H]1CC[C@H]2[C@@H]3Cc4cccc(c4)C4(CCCCC4)[C@H](O)/C=C4/C[C@H](c5cc(CO)cc(NC[C@H](C)O)c5)C#C[C@H]5CC(=O)Oc6c5cc(c(O)c6[C@H]5C=CC=CC5)C[C@@H](OC4=O)[C@@]1(O)[C@H]2CCC3=O. The van der Waals surface area contributed by atoms with Crippen LogP contribution in [0.5, 0.6) is 11.5 Å². The van der Waals surface area contributed by atoms with Gasteiger partial charge < -0.3 is 40.3 Å². The van der Waals surface area contributed by atoms with Crippen molar-refractivity contribution in [3.05, 3.63) is 123 Å². The molecular formula is C60H69NO10. The Hall–Kier alpha value is -5.51. The van der Waals surface area contributed by atoms with E-state index in [2.05, 4.69) is 35.4 Å². The fraction of sp³-hybridized carbons (Fsp3) is 0.517. The second-order valence-corrected chi connectivity index (χ2v) is 21.8. The minimum absolute atomic E-state index is 0.0357. The number of carbonyl (C=O) groups excluding carboxylic acids is 3. The number of phenolic OH excluding ortho intramolecular Hbond substituents is 1. The van der Waals surface area contributed by atoms with E-state index in [1.54, 1.807) is 19.1 Å². The van der Waals surface area contributed by atoms with E-state index in [1.807, 2.05) is 55.5 Å². The van der Waals surface area contributed by atoms with E-state index in [9.17, 15) is 35.1 Å². The van der Waals surface area contributed by atoms with Crippen LogP contribution in [0.4, 0.5) is 5.69 Å². The number of aromatic hydroxyl groups is 1. The number of esters is 2. The van der Waals surface area contributed by atoms with Crippen LogP contribution in [0.25, 0.3) is 0 Å². The van der Waals surface area contributed by atoms with Crippen molar-refractivity contribution in [1.29, 1.82) is 0 Å². The molecule has 3 aromatic rings. The molecule has 11 nitrogen and oxygen atoms in total. The molecule has 0 saturated heterocycles. The predicted molar refractivity (Wildman–Crippen MR) is 270 cm³/mol. The number of aliphatic hydroxyl groups excluding tert-OH is 3. The molecular weight excluding hydrogens is 895 g/mol. The number of benzene rings is 3. The average molecular weight is 964 g/mol. The number of nitrogens with one attached hydrogen (secondary N) is 1. The van der Waals surface area contributed by atoms with Crippen molar-refractivity contribution in [3.63, 3.8) is 0 Å². The lowest BCUT2D eigenvalue weighted by Gasteiger charge is -2.56. The number of aliphatic hydroxyl groups is 4. The van der Waals surface area contributed by atoms with E-state index in [-0.39, 0.29) is 85.4 Å². The Morgan fingerprint density at radius 3 is 2.51 bits per heavy atom. The van der Waals surface area contributed by atoms with Crippen molar-refractivity contribution < 1.29 is 49.4 Å². The monoisotopic (exact) mass is 963 g/mol. The highest BCUT2D eigenvalue weighted by Crippen LogP contribution is 2.56. The summed E-state index contributed by atoms with van der Waals surface area (Å²) in [6.07, 6.45) is 14.0. The van der Waals surface area contributed by atoms with Gasteiger partial charge in [0.2, 0.25) is 0 Å². The maximum absolute atomic E-state index is 15.8. The van der Waals surface area contributed by atoms with Crippen LogP contribution < -0.4 is 10.1 Å². The number of hydrogen-bond donors (Lipinski definition) is 6. The van der Waals surface area contributed by atoms with Crippen LogP contribution in [0.1, 0.15) is 154 Å². The van der Waals surface area contributed by atoms with E-state index >= 15 is 4.79 Å². The molecule has 0 amide bonds. The molecule has 1 spiro atoms. The molecule has 4 aliphatic carbocycles. The molecule has 7 aliphatic rings. The summed E-state index contributed by atoms with van der Waals surface area (Å²) in [6, 6.07) is 15.7. The first-order valence-corrected chi connectivity index (χ1v) is 26.3. The molecule has 11 atom stereocenters. The summed E-state index contributed by atoms with van der Waals surface area (Å²) < 4.78 is 13.1. The number of ether oxygens (including phenoxy) is 2. The van der Waals surface area contributed by atoms with Crippen LogP contribution in [-0.2, 0) is 44.0 Å². The fourth-order valence-electron chi connectivity index (χ4n) is 13.9.